The Morgan fingerprint density at radius 2 is 1.77 bits per heavy atom. The second kappa shape index (κ2) is 10.7. The number of hydrogen-bond acceptors (Lipinski definition) is 4. The van der Waals surface area contributed by atoms with Crippen LogP contribution in [-0.2, 0) is 4.79 Å². The molecular formula is C25H34N4OS. The number of anilines is 2. The van der Waals surface area contributed by atoms with Crippen molar-refractivity contribution in [2.75, 3.05) is 16.8 Å². The summed E-state index contributed by atoms with van der Waals surface area (Å²) in [6.45, 7) is 8.68. The van der Waals surface area contributed by atoms with Crippen LogP contribution in [0, 0.1) is 0 Å². The Bertz CT molecular complexity index is 999. The van der Waals surface area contributed by atoms with E-state index in [-0.39, 0.29) is 5.91 Å². The summed E-state index contributed by atoms with van der Waals surface area (Å²) < 4.78 is 0. The van der Waals surface area contributed by atoms with Crippen molar-refractivity contribution in [3.05, 3.63) is 47.5 Å². The molecule has 2 aromatic carbocycles. The van der Waals surface area contributed by atoms with Crippen LogP contribution in [0.2, 0.25) is 0 Å². The van der Waals surface area contributed by atoms with E-state index in [1.165, 1.54) is 11.1 Å². The van der Waals surface area contributed by atoms with E-state index >= 15 is 0 Å². The molecule has 0 bridgehead atoms. The van der Waals surface area contributed by atoms with Gasteiger partial charge in [0.25, 0.3) is 0 Å². The topological polar surface area (TPSA) is 83.8 Å². The summed E-state index contributed by atoms with van der Waals surface area (Å²) in [6, 6.07) is 12.1. The maximum atomic E-state index is 12.6. The summed E-state index contributed by atoms with van der Waals surface area (Å²) in [5.41, 5.74) is 11.9. The Hall–Kier alpha value is -2.47. The zero-order chi connectivity index (χ0) is 22.4. The van der Waals surface area contributed by atoms with E-state index in [0.717, 1.165) is 52.6 Å². The standard InChI is InChI=1S/C25H34N4OS/c1-16(2)19-9-8-10-20(17(3)4)24(19)29-23(30)11-6-5-7-14-31-25-27-21-13-12-18(26)15-22(21)28-25/h8-10,12-13,15-17H,5-7,11,14,26H2,1-4H3,(H,27,28)(H,29,30). The number of nitrogen functional groups attached to an aromatic ring is 1. The summed E-state index contributed by atoms with van der Waals surface area (Å²) in [5.74, 6) is 1.84. The number of fused-ring (bicyclic) bond motifs is 1. The number of nitrogens with one attached hydrogen (secondary N) is 2. The molecular weight excluding hydrogens is 404 g/mol. The lowest BCUT2D eigenvalue weighted by Crippen LogP contribution is -2.15. The van der Waals surface area contributed by atoms with Crippen molar-refractivity contribution < 1.29 is 4.79 Å². The molecule has 0 atom stereocenters. The lowest BCUT2D eigenvalue weighted by atomic mass is 9.92. The fourth-order valence-electron chi connectivity index (χ4n) is 3.70. The third-order valence-corrected chi connectivity index (χ3v) is 6.37. The highest BCUT2D eigenvalue weighted by Crippen LogP contribution is 2.32. The van der Waals surface area contributed by atoms with Crippen LogP contribution in [0.25, 0.3) is 11.0 Å². The number of benzene rings is 2. The zero-order valence-electron chi connectivity index (χ0n) is 19.0. The van der Waals surface area contributed by atoms with Gasteiger partial charge in [0.2, 0.25) is 5.91 Å². The van der Waals surface area contributed by atoms with Crippen LogP contribution in [-0.4, -0.2) is 21.6 Å². The molecule has 0 radical (unpaired) electrons. The first-order valence-electron chi connectivity index (χ1n) is 11.2. The Labute approximate surface area is 189 Å². The van der Waals surface area contributed by atoms with Gasteiger partial charge in [-0.25, -0.2) is 4.98 Å². The van der Waals surface area contributed by atoms with Crippen molar-refractivity contribution in [2.24, 2.45) is 0 Å². The molecule has 0 fully saturated rings. The largest absolute Gasteiger partial charge is 0.399 e. The molecule has 5 nitrogen and oxygen atoms in total. The van der Waals surface area contributed by atoms with Gasteiger partial charge in [-0.15, -0.1) is 0 Å². The van der Waals surface area contributed by atoms with E-state index < -0.39 is 0 Å². The van der Waals surface area contributed by atoms with Crippen molar-refractivity contribution in [1.82, 2.24) is 9.97 Å². The number of H-pyrrole nitrogens is 1. The number of imidazole rings is 1. The minimum Gasteiger partial charge on any atom is -0.399 e. The number of nitrogens with zero attached hydrogens (tertiary/aromatic N) is 1. The summed E-state index contributed by atoms with van der Waals surface area (Å²) in [5, 5.41) is 4.13. The number of aromatic amines is 1. The highest BCUT2D eigenvalue weighted by molar-refractivity contribution is 7.99. The number of carbonyl (C=O) groups is 1. The first-order chi connectivity index (χ1) is 14.8. The molecule has 3 aromatic rings. The number of thioether (sulfide) groups is 1. The molecule has 1 amide bonds. The molecule has 0 spiro atoms. The first kappa shape index (κ1) is 23.2. The molecule has 0 unspecified atom stereocenters. The predicted octanol–water partition coefficient (Wildman–Crippen LogP) is 6.68. The molecule has 31 heavy (non-hydrogen) atoms. The molecule has 0 aliphatic carbocycles. The van der Waals surface area contributed by atoms with E-state index in [4.69, 9.17) is 5.73 Å². The number of rotatable bonds is 10. The summed E-state index contributed by atoms with van der Waals surface area (Å²) >= 11 is 1.72. The number of carbonyl (C=O) groups excluding carboxylic acids is 1. The maximum absolute atomic E-state index is 12.6. The average Bonchev–Trinajstić information content (AvgIpc) is 3.12. The lowest BCUT2D eigenvalue weighted by Gasteiger charge is -2.20. The molecule has 0 saturated carbocycles. The summed E-state index contributed by atoms with van der Waals surface area (Å²) in [6.07, 6.45) is 3.52. The van der Waals surface area contributed by atoms with E-state index in [2.05, 4.69) is 61.2 Å². The van der Waals surface area contributed by atoms with Gasteiger partial charge in [-0.2, -0.15) is 0 Å². The van der Waals surface area contributed by atoms with Gasteiger partial charge in [-0.3, -0.25) is 4.79 Å². The molecule has 3 rings (SSSR count). The van der Waals surface area contributed by atoms with E-state index in [9.17, 15) is 4.79 Å². The SMILES string of the molecule is CC(C)c1cccc(C(C)C)c1NC(=O)CCCCCSc1nc2cc(N)ccc2[nH]1. The quantitative estimate of drug-likeness (QED) is 0.187. The molecule has 1 heterocycles. The lowest BCUT2D eigenvalue weighted by molar-refractivity contribution is -0.116. The van der Waals surface area contributed by atoms with Gasteiger partial charge < -0.3 is 16.0 Å². The van der Waals surface area contributed by atoms with E-state index in [1.54, 1.807) is 11.8 Å². The molecule has 0 aliphatic heterocycles. The fraction of sp³-hybridized carbons (Fsp3) is 0.440. The third kappa shape index (κ3) is 6.26. The van der Waals surface area contributed by atoms with Gasteiger partial charge in [0, 0.05) is 23.5 Å². The third-order valence-electron chi connectivity index (χ3n) is 5.41. The Morgan fingerprint density at radius 3 is 2.45 bits per heavy atom. The van der Waals surface area contributed by atoms with Crippen LogP contribution in [0.3, 0.4) is 0 Å². The molecule has 0 saturated heterocycles. The van der Waals surface area contributed by atoms with E-state index in [1.807, 2.05) is 18.2 Å². The fourth-order valence-corrected chi connectivity index (χ4v) is 4.59. The first-order valence-corrected chi connectivity index (χ1v) is 12.1. The van der Waals surface area contributed by atoms with Crippen LogP contribution in [0.5, 0.6) is 0 Å². The maximum Gasteiger partial charge on any atom is 0.224 e. The molecule has 166 valence electrons. The number of nitrogens with two attached hydrogens (primary N) is 1. The van der Waals surface area contributed by atoms with Crippen molar-refractivity contribution in [3.63, 3.8) is 0 Å². The Balaban J connectivity index is 1.43. The average molecular weight is 439 g/mol. The van der Waals surface area contributed by atoms with Gasteiger partial charge in [0.05, 0.1) is 11.0 Å². The van der Waals surface area contributed by atoms with Gasteiger partial charge in [0.15, 0.2) is 5.16 Å². The normalized spacial score (nSPS) is 11.5. The van der Waals surface area contributed by atoms with Crippen molar-refractivity contribution in [3.8, 4) is 0 Å². The van der Waals surface area contributed by atoms with Gasteiger partial charge in [-0.05, 0) is 54.0 Å². The Morgan fingerprint density at radius 1 is 1.06 bits per heavy atom. The minimum absolute atomic E-state index is 0.109. The monoisotopic (exact) mass is 438 g/mol. The molecule has 0 aliphatic rings. The summed E-state index contributed by atoms with van der Waals surface area (Å²) in [7, 11) is 0. The van der Waals surface area contributed by atoms with E-state index in [0.29, 0.717) is 18.3 Å². The smallest absolute Gasteiger partial charge is 0.224 e. The number of unbranched alkanes of at least 4 members (excludes halogenated alkanes) is 2. The predicted molar refractivity (Wildman–Crippen MR) is 133 cm³/mol. The highest BCUT2D eigenvalue weighted by Gasteiger charge is 2.15. The zero-order valence-corrected chi connectivity index (χ0v) is 19.8. The van der Waals surface area contributed by atoms with Crippen LogP contribution in [0.15, 0.2) is 41.6 Å². The highest BCUT2D eigenvalue weighted by atomic mass is 32.2. The number of amides is 1. The van der Waals surface area contributed by atoms with Crippen molar-refractivity contribution in [2.45, 2.75) is 70.4 Å². The minimum atomic E-state index is 0.109. The number of hydrogen-bond donors (Lipinski definition) is 3. The van der Waals surface area contributed by atoms with Crippen molar-refractivity contribution >= 4 is 40.1 Å². The van der Waals surface area contributed by atoms with Gasteiger partial charge in [-0.1, -0.05) is 64.1 Å². The van der Waals surface area contributed by atoms with Crippen LogP contribution in [0.1, 0.15) is 76.3 Å². The number of para-hydroxylation sites is 1. The van der Waals surface area contributed by atoms with Gasteiger partial charge >= 0.3 is 0 Å². The molecule has 4 N–H and O–H groups in total. The van der Waals surface area contributed by atoms with Gasteiger partial charge in [0.1, 0.15) is 0 Å². The summed E-state index contributed by atoms with van der Waals surface area (Å²) in [4.78, 5) is 20.5. The second-order valence-corrected chi connectivity index (χ2v) is 9.73. The number of aromatic nitrogens is 2. The molecule has 6 heteroatoms. The van der Waals surface area contributed by atoms with Crippen LogP contribution in [0.4, 0.5) is 11.4 Å². The Kier molecular flexibility index (Phi) is 8.02. The molecule has 1 aromatic heterocycles. The second-order valence-electron chi connectivity index (χ2n) is 8.65. The van der Waals surface area contributed by atoms with Crippen molar-refractivity contribution in [1.29, 1.82) is 0 Å². The van der Waals surface area contributed by atoms with Crippen LogP contribution < -0.4 is 11.1 Å². The van der Waals surface area contributed by atoms with Crippen LogP contribution >= 0.6 is 11.8 Å².